The number of nitrogens with one attached hydrogen (secondary N) is 1. The normalized spacial score (nSPS) is 27.1. The quantitative estimate of drug-likeness (QED) is 0.771. The van der Waals surface area contributed by atoms with Gasteiger partial charge in [-0.3, -0.25) is 0 Å². The van der Waals surface area contributed by atoms with Crippen molar-refractivity contribution in [1.82, 2.24) is 5.32 Å². The lowest BCUT2D eigenvalue weighted by atomic mass is 9.68. The molecule has 1 heterocycles. The molecule has 0 atom stereocenters. The monoisotopic (exact) mass is 313 g/mol. The Morgan fingerprint density at radius 2 is 1.48 bits per heavy atom. The van der Waals surface area contributed by atoms with Crippen molar-refractivity contribution in [3.63, 3.8) is 0 Å². The molecule has 128 valence electrons. The molecule has 1 heteroatoms. The Morgan fingerprint density at radius 3 is 2.04 bits per heavy atom. The number of rotatable bonds is 3. The summed E-state index contributed by atoms with van der Waals surface area (Å²) >= 11 is 0. The van der Waals surface area contributed by atoms with E-state index in [1.54, 1.807) is 11.1 Å². The Hall–Kier alpha value is -0.820. The molecule has 1 aromatic rings. The van der Waals surface area contributed by atoms with Crippen LogP contribution in [0.15, 0.2) is 24.3 Å². The molecule has 2 aliphatic rings. The maximum Gasteiger partial charge on any atom is -0.00462 e. The van der Waals surface area contributed by atoms with E-state index >= 15 is 0 Å². The summed E-state index contributed by atoms with van der Waals surface area (Å²) in [5.74, 6) is 2.61. The van der Waals surface area contributed by atoms with Crippen molar-refractivity contribution in [2.45, 2.75) is 71.6 Å². The zero-order chi connectivity index (χ0) is 16.3. The van der Waals surface area contributed by atoms with Crippen molar-refractivity contribution in [1.29, 1.82) is 0 Å². The molecule has 1 N–H and O–H groups in total. The zero-order valence-corrected chi connectivity index (χ0v) is 15.4. The lowest BCUT2D eigenvalue weighted by molar-refractivity contribution is 0.169. The van der Waals surface area contributed by atoms with Gasteiger partial charge in [0.1, 0.15) is 0 Å². The SMILES string of the molecule is CC(C)(C)C1CCC(c2ccc(CC3CCNCC3)cc2)CC1. The molecule has 23 heavy (non-hydrogen) atoms. The molecule has 2 fully saturated rings. The highest BCUT2D eigenvalue weighted by molar-refractivity contribution is 5.26. The van der Waals surface area contributed by atoms with Gasteiger partial charge in [0.05, 0.1) is 0 Å². The van der Waals surface area contributed by atoms with Gasteiger partial charge in [0.2, 0.25) is 0 Å². The summed E-state index contributed by atoms with van der Waals surface area (Å²) < 4.78 is 0. The number of hydrogen-bond donors (Lipinski definition) is 1. The first kappa shape index (κ1) is 17.0. The molecule has 1 aromatic carbocycles. The molecule has 1 aliphatic carbocycles. The van der Waals surface area contributed by atoms with Crippen LogP contribution in [-0.4, -0.2) is 13.1 Å². The third kappa shape index (κ3) is 4.59. The van der Waals surface area contributed by atoms with E-state index in [2.05, 4.69) is 50.4 Å². The Labute approximate surface area is 143 Å². The maximum absolute atomic E-state index is 3.47. The Kier molecular flexibility index (Phi) is 5.46. The lowest BCUT2D eigenvalue weighted by Gasteiger charge is -2.37. The first-order valence-corrected chi connectivity index (χ1v) is 9.82. The summed E-state index contributed by atoms with van der Waals surface area (Å²) in [5.41, 5.74) is 3.62. The molecular weight excluding hydrogens is 278 g/mol. The van der Waals surface area contributed by atoms with Gasteiger partial charge in [0.25, 0.3) is 0 Å². The van der Waals surface area contributed by atoms with Gasteiger partial charge in [-0.15, -0.1) is 0 Å². The molecule has 3 rings (SSSR count). The van der Waals surface area contributed by atoms with Crippen LogP contribution in [0.3, 0.4) is 0 Å². The van der Waals surface area contributed by atoms with Crippen LogP contribution >= 0.6 is 0 Å². The van der Waals surface area contributed by atoms with E-state index in [9.17, 15) is 0 Å². The standard InChI is InChI=1S/C22H35N/c1-22(2,3)21-10-8-20(9-11-21)19-6-4-17(5-7-19)16-18-12-14-23-15-13-18/h4-7,18,20-21,23H,8-16H2,1-3H3. The van der Waals surface area contributed by atoms with Crippen LogP contribution in [0, 0.1) is 17.3 Å². The van der Waals surface area contributed by atoms with Crippen molar-refractivity contribution < 1.29 is 0 Å². The number of piperidine rings is 1. The molecule has 0 amide bonds. The van der Waals surface area contributed by atoms with Crippen molar-refractivity contribution in [2.24, 2.45) is 17.3 Å². The van der Waals surface area contributed by atoms with E-state index in [1.165, 1.54) is 58.0 Å². The predicted molar refractivity (Wildman–Crippen MR) is 99.9 cm³/mol. The van der Waals surface area contributed by atoms with Crippen molar-refractivity contribution in [2.75, 3.05) is 13.1 Å². The van der Waals surface area contributed by atoms with Gasteiger partial charge < -0.3 is 5.32 Å². The second-order valence-corrected chi connectivity index (χ2v) is 9.05. The fourth-order valence-electron chi connectivity index (χ4n) is 4.64. The summed E-state index contributed by atoms with van der Waals surface area (Å²) in [5, 5.41) is 3.47. The highest BCUT2D eigenvalue weighted by Crippen LogP contribution is 2.43. The molecule has 0 bridgehead atoms. The highest BCUT2D eigenvalue weighted by Gasteiger charge is 2.30. The minimum absolute atomic E-state index is 0.490. The Morgan fingerprint density at radius 1 is 0.870 bits per heavy atom. The first-order valence-electron chi connectivity index (χ1n) is 9.82. The first-order chi connectivity index (χ1) is 11.0. The van der Waals surface area contributed by atoms with Gasteiger partial charge in [-0.2, -0.15) is 0 Å². The predicted octanol–water partition coefficient (Wildman–Crippen LogP) is 5.55. The van der Waals surface area contributed by atoms with Crippen LogP contribution in [0.2, 0.25) is 0 Å². The van der Waals surface area contributed by atoms with Gasteiger partial charge in [0.15, 0.2) is 0 Å². The van der Waals surface area contributed by atoms with Crippen LogP contribution in [0.5, 0.6) is 0 Å². The van der Waals surface area contributed by atoms with E-state index in [4.69, 9.17) is 0 Å². The van der Waals surface area contributed by atoms with Crippen LogP contribution in [0.1, 0.15) is 76.3 Å². The number of benzene rings is 1. The van der Waals surface area contributed by atoms with Gasteiger partial charge >= 0.3 is 0 Å². The zero-order valence-electron chi connectivity index (χ0n) is 15.4. The summed E-state index contributed by atoms with van der Waals surface area (Å²) in [6, 6.07) is 9.68. The van der Waals surface area contributed by atoms with E-state index in [-0.39, 0.29) is 0 Å². The van der Waals surface area contributed by atoms with Crippen LogP contribution in [-0.2, 0) is 6.42 Å². The van der Waals surface area contributed by atoms with Gasteiger partial charge in [-0.25, -0.2) is 0 Å². The smallest absolute Gasteiger partial charge is 0.00462 e. The summed E-state index contributed by atoms with van der Waals surface area (Å²) in [7, 11) is 0. The van der Waals surface area contributed by atoms with Crippen molar-refractivity contribution >= 4 is 0 Å². The summed E-state index contributed by atoms with van der Waals surface area (Å²) in [6.07, 6.45) is 9.55. The van der Waals surface area contributed by atoms with Crippen LogP contribution in [0.4, 0.5) is 0 Å². The lowest BCUT2D eigenvalue weighted by Crippen LogP contribution is -2.28. The maximum atomic E-state index is 3.47. The van der Waals surface area contributed by atoms with Crippen molar-refractivity contribution in [3.8, 4) is 0 Å². The largest absolute Gasteiger partial charge is 0.317 e. The third-order valence-corrected chi connectivity index (χ3v) is 6.39. The summed E-state index contributed by atoms with van der Waals surface area (Å²) in [6.45, 7) is 9.65. The molecule has 0 aromatic heterocycles. The van der Waals surface area contributed by atoms with Gasteiger partial charge in [-0.1, -0.05) is 45.0 Å². The topological polar surface area (TPSA) is 12.0 Å². The van der Waals surface area contributed by atoms with E-state index in [0.29, 0.717) is 5.41 Å². The van der Waals surface area contributed by atoms with Gasteiger partial charge in [-0.05, 0) is 92.3 Å². The van der Waals surface area contributed by atoms with Crippen molar-refractivity contribution in [3.05, 3.63) is 35.4 Å². The average Bonchev–Trinajstić information content (AvgIpc) is 2.56. The minimum atomic E-state index is 0.490. The van der Waals surface area contributed by atoms with Gasteiger partial charge in [0, 0.05) is 0 Å². The van der Waals surface area contributed by atoms with Crippen LogP contribution in [0.25, 0.3) is 0 Å². The molecule has 0 radical (unpaired) electrons. The van der Waals surface area contributed by atoms with Crippen LogP contribution < -0.4 is 5.32 Å². The second-order valence-electron chi connectivity index (χ2n) is 9.05. The fraction of sp³-hybridized carbons (Fsp3) is 0.727. The highest BCUT2D eigenvalue weighted by atomic mass is 14.9. The third-order valence-electron chi connectivity index (χ3n) is 6.39. The Balaban J connectivity index is 1.53. The molecule has 1 saturated carbocycles. The molecule has 1 nitrogen and oxygen atoms in total. The molecule has 1 aliphatic heterocycles. The fourth-order valence-corrected chi connectivity index (χ4v) is 4.64. The Bertz CT molecular complexity index is 468. The molecular formula is C22H35N. The second kappa shape index (κ2) is 7.38. The molecule has 1 saturated heterocycles. The average molecular weight is 314 g/mol. The minimum Gasteiger partial charge on any atom is -0.317 e. The molecule has 0 spiro atoms. The number of hydrogen-bond acceptors (Lipinski definition) is 1. The van der Waals surface area contributed by atoms with E-state index < -0.39 is 0 Å². The molecule has 0 unspecified atom stereocenters. The van der Waals surface area contributed by atoms with E-state index in [1.807, 2.05) is 0 Å². The van der Waals surface area contributed by atoms with E-state index in [0.717, 1.165) is 17.8 Å². The summed E-state index contributed by atoms with van der Waals surface area (Å²) in [4.78, 5) is 0.